The van der Waals surface area contributed by atoms with Gasteiger partial charge in [0.25, 0.3) is 0 Å². The fourth-order valence-corrected chi connectivity index (χ4v) is 1.73. The number of carbonyl (C=O) groups excluding carboxylic acids is 1. The first-order valence-electron chi connectivity index (χ1n) is 4.51. The molecule has 0 amide bonds. The van der Waals surface area contributed by atoms with Crippen LogP contribution < -0.4 is 0 Å². The first-order chi connectivity index (χ1) is 7.18. The summed E-state index contributed by atoms with van der Waals surface area (Å²) in [6.45, 7) is 0.545. The van der Waals surface area contributed by atoms with Crippen LogP contribution in [0.2, 0.25) is 0 Å². The van der Waals surface area contributed by atoms with Crippen LogP contribution in [0.25, 0.3) is 0 Å². The Morgan fingerprint density at radius 2 is 2.27 bits per heavy atom. The number of allylic oxidation sites excluding steroid dienone is 1. The maximum absolute atomic E-state index is 12.9. The second-order valence-electron chi connectivity index (χ2n) is 3.16. The number of hydrogen-bond acceptors (Lipinski definition) is 2. The zero-order valence-electron chi connectivity index (χ0n) is 7.80. The lowest BCUT2D eigenvalue weighted by atomic mass is 10.1. The van der Waals surface area contributed by atoms with Crippen molar-refractivity contribution >= 4 is 21.7 Å². The Morgan fingerprint density at radius 1 is 1.47 bits per heavy atom. The maximum Gasteiger partial charge on any atom is 0.227 e. The predicted octanol–water partition coefficient (Wildman–Crippen LogP) is 3.08. The highest BCUT2D eigenvalue weighted by Crippen LogP contribution is 2.21. The summed E-state index contributed by atoms with van der Waals surface area (Å²) in [4.78, 5) is 11.8. The second kappa shape index (κ2) is 4.14. The number of benzene rings is 1. The van der Waals surface area contributed by atoms with Crippen LogP contribution in [-0.2, 0) is 4.74 Å². The molecule has 0 fully saturated rings. The van der Waals surface area contributed by atoms with Gasteiger partial charge in [-0.1, -0.05) is 0 Å². The smallest absolute Gasteiger partial charge is 0.227 e. The Labute approximate surface area is 94.9 Å². The summed E-state index contributed by atoms with van der Waals surface area (Å²) in [6, 6.07) is 4.16. The number of carbonyl (C=O) groups is 1. The van der Waals surface area contributed by atoms with Gasteiger partial charge < -0.3 is 4.74 Å². The van der Waals surface area contributed by atoms with Crippen molar-refractivity contribution in [1.29, 1.82) is 0 Å². The molecule has 0 aliphatic carbocycles. The molecule has 1 aliphatic heterocycles. The fraction of sp³-hybridized carbons (Fsp3) is 0.182. The van der Waals surface area contributed by atoms with E-state index in [4.69, 9.17) is 4.74 Å². The third-order valence-electron chi connectivity index (χ3n) is 2.11. The number of Topliss-reactive ketones (excluding diaryl/α,β-unsaturated/α-hetero) is 1. The Kier molecular flexibility index (Phi) is 2.86. The lowest BCUT2D eigenvalue weighted by Gasteiger charge is -2.03. The standard InChI is InChI=1S/C11H8BrFO2/c12-8-6-7(3-4-9(8)13)11(14)10-2-1-5-15-10/h2-4,6H,1,5H2. The van der Waals surface area contributed by atoms with E-state index in [0.717, 1.165) is 6.42 Å². The average molecular weight is 271 g/mol. The molecule has 0 saturated heterocycles. The van der Waals surface area contributed by atoms with E-state index in [9.17, 15) is 9.18 Å². The minimum Gasteiger partial charge on any atom is -0.489 e. The van der Waals surface area contributed by atoms with Crippen LogP contribution in [-0.4, -0.2) is 12.4 Å². The minimum atomic E-state index is -0.382. The normalized spacial score (nSPS) is 14.7. The number of rotatable bonds is 2. The zero-order valence-corrected chi connectivity index (χ0v) is 9.38. The molecule has 4 heteroatoms. The van der Waals surface area contributed by atoms with Gasteiger partial charge in [-0.25, -0.2) is 4.39 Å². The van der Waals surface area contributed by atoms with Gasteiger partial charge >= 0.3 is 0 Å². The van der Waals surface area contributed by atoms with Crippen molar-refractivity contribution in [2.45, 2.75) is 6.42 Å². The SMILES string of the molecule is O=C(C1=CCCO1)c1ccc(F)c(Br)c1. The molecule has 1 aromatic carbocycles. The van der Waals surface area contributed by atoms with Crippen molar-refractivity contribution in [3.63, 3.8) is 0 Å². The fourth-order valence-electron chi connectivity index (χ4n) is 1.36. The lowest BCUT2D eigenvalue weighted by Crippen LogP contribution is -2.04. The maximum atomic E-state index is 12.9. The van der Waals surface area contributed by atoms with Gasteiger partial charge in [-0.3, -0.25) is 4.79 Å². The summed E-state index contributed by atoms with van der Waals surface area (Å²) < 4.78 is 18.4. The average Bonchev–Trinajstić information content (AvgIpc) is 2.74. The molecule has 0 atom stereocenters. The van der Waals surface area contributed by atoms with Gasteiger partial charge in [-0.15, -0.1) is 0 Å². The van der Waals surface area contributed by atoms with Gasteiger partial charge in [-0.2, -0.15) is 0 Å². The first kappa shape index (κ1) is 10.4. The third-order valence-corrected chi connectivity index (χ3v) is 2.72. The molecule has 1 aliphatic rings. The molecule has 15 heavy (non-hydrogen) atoms. The molecular weight excluding hydrogens is 263 g/mol. The van der Waals surface area contributed by atoms with Gasteiger partial charge in [0.15, 0.2) is 5.76 Å². The molecular formula is C11H8BrFO2. The van der Waals surface area contributed by atoms with E-state index in [1.165, 1.54) is 18.2 Å². The van der Waals surface area contributed by atoms with Gasteiger partial charge in [0.2, 0.25) is 5.78 Å². The van der Waals surface area contributed by atoms with Crippen molar-refractivity contribution in [2.75, 3.05) is 6.61 Å². The van der Waals surface area contributed by atoms with Crippen molar-refractivity contribution in [3.05, 3.63) is 45.9 Å². The van der Waals surface area contributed by atoms with E-state index in [-0.39, 0.29) is 16.1 Å². The molecule has 0 radical (unpaired) electrons. The topological polar surface area (TPSA) is 26.3 Å². The van der Waals surface area contributed by atoms with Crippen LogP contribution in [0.1, 0.15) is 16.8 Å². The van der Waals surface area contributed by atoms with Crippen LogP contribution in [0.15, 0.2) is 34.5 Å². The van der Waals surface area contributed by atoms with Crippen LogP contribution >= 0.6 is 15.9 Å². The van der Waals surface area contributed by atoms with E-state index < -0.39 is 0 Å². The Bertz CT molecular complexity index is 440. The molecule has 2 rings (SSSR count). The molecule has 0 aromatic heterocycles. The molecule has 0 spiro atoms. The number of ketones is 1. The van der Waals surface area contributed by atoms with E-state index in [0.29, 0.717) is 17.9 Å². The van der Waals surface area contributed by atoms with Crippen LogP contribution in [0, 0.1) is 5.82 Å². The van der Waals surface area contributed by atoms with Gasteiger partial charge in [-0.05, 0) is 40.2 Å². The van der Waals surface area contributed by atoms with E-state index in [2.05, 4.69) is 15.9 Å². The van der Waals surface area contributed by atoms with Crippen molar-refractivity contribution in [1.82, 2.24) is 0 Å². The molecule has 78 valence electrons. The van der Waals surface area contributed by atoms with Gasteiger partial charge in [0.1, 0.15) is 5.82 Å². The largest absolute Gasteiger partial charge is 0.489 e. The lowest BCUT2D eigenvalue weighted by molar-refractivity contribution is 0.0942. The molecule has 1 heterocycles. The van der Waals surface area contributed by atoms with E-state index in [1.54, 1.807) is 6.08 Å². The van der Waals surface area contributed by atoms with Crippen molar-refractivity contribution in [2.24, 2.45) is 0 Å². The summed E-state index contributed by atoms with van der Waals surface area (Å²) >= 11 is 3.04. The molecule has 0 bridgehead atoms. The summed E-state index contributed by atoms with van der Waals surface area (Å²) in [6.07, 6.45) is 2.50. The number of hydrogen-bond donors (Lipinski definition) is 0. The first-order valence-corrected chi connectivity index (χ1v) is 5.30. The highest BCUT2D eigenvalue weighted by Gasteiger charge is 2.17. The number of halogens is 2. The number of ether oxygens (including phenoxy) is 1. The van der Waals surface area contributed by atoms with Crippen LogP contribution in [0.5, 0.6) is 0 Å². The summed E-state index contributed by atoms with van der Waals surface area (Å²) in [7, 11) is 0. The molecule has 2 nitrogen and oxygen atoms in total. The van der Waals surface area contributed by atoms with E-state index in [1.807, 2.05) is 0 Å². The second-order valence-corrected chi connectivity index (χ2v) is 4.02. The third kappa shape index (κ3) is 2.09. The monoisotopic (exact) mass is 270 g/mol. The van der Waals surface area contributed by atoms with Crippen LogP contribution in [0.3, 0.4) is 0 Å². The predicted molar refractivity (Wildman–Crippen MR) is 57.1 cm³/mol. The van der Waals surface area contributed by atoms with Gasteiger partial charge in [0.05, 0.1) is 11.1 Å². The molecule has 1 aromatic rings. The Hall–Kier alpha value is -1.16. The zero-order chi connectivity index (χ0) is 10.8. The summed E-state index contributed by atoms with van der Waals surface area (Å²) in [5.41, 5.74) is 0.427. The minimum absolute atomic E-state index is 0.201. The quantitative estimate of drug-likeness (QED) is 0.773. The Morgan fingerprint density at radius 3 is 2.87 bits per heavy atom. The molecule has 0 N–H and O–H groups in total. The Balaban J connectivity index is 2.29. The molecule has 0 unspecified atom stereocenters. The van der Waals surface area contributed by atoms with Crippen molar-refractivity contribution < 1.29 is 13.9 Å². The highest BCUT2D eigenvalue weighted by molar-refractivity contribution is 9.10. The van der Waals surface area contributed by atoms with Gasteiger partial charge in [0, 0.05) is 12.0 Å². The summed E-state index contributed by atoms with van der Waals surface area (Å²) in [5.74, 6) is -0.227. The van der Waals surface area contributed by atoms with Crippen molar-refractivity contribution in [3.8, 4) is 0 Å². The van der Waals surface area contributed by atoms with E-state index >= 15 is 0 Å². The van der Waals surface area contributed by atoms with Crippen LogP contribution in [0.4, 0.5) is 4.39 Å². The highest BCUT2D eigenvalue weighted by atomic mass is 79.9. The summed E-state index contributed by atoms with van der Waals surface area (Å²) in [5, 5.41) is 0. The molecule has 0 saturated carbocycles.